The summed E-state index contributed by atoms with van der Waals surface area (Å²) in [4.78, 5) is 6.24. The summed E-state index contributed by atoms with van der Waals surface area (Å²) in [6, 6.07) is 2.34. The molecule has 0 saturated heterocycles. The predicted octanol–water partition coefficient (Wildman–Crippen LogP) is 2.44. The Bertz CT molecular complexity index is 344. The van der Waals surface area contributed by atoms with E-state index in [2.05, 4.69) is 44.6 Å². The summed E-state index contributed by atoms with van der Waals surface area (Å²) in [6.45, 7) is 8.88. The third-order valence-corrected chi connectivity index (χ3v) is 3.26. The van der Waals surface area contributed by atoms with Crippen LogP contribution in [0.5, 0.6) is 0 Å². The number of nitrogens with zero attached hydrogens (tertiary/aromatic N) is 2. The number of aromatic nitrogens is 1. The quantitative estimate of drug-likeness (QED) is 0.853. The number of aliphatic hydroxyl groups excluding tert-OH is 1. The van der Waals surface area contributed by atoms with Crippen LogP contribution < -0.4 is 4.90 Å². The van der Waals surface area contributed by atoms with Crippen molar-refractivity contribution in [2.24, 2.45) is 5.41 Å². The third-order valence-electron chi connectivity index (χ3n) is 3.26. The Labute approximate surface area is 98.1 Å². The molecule has 1 aromatic heterocycles. The summed E-state index contributed by atoms with van der Waals surface area (Å²) in [5, 5.41) is 9.29. The van der Waals surface area contributed by atoms with Crippen molar-refractivity contribution in [3.63, 3.8) is 0 Å². The molecule has 16 heavy (non-hydrogen) atoms. The lowest BCUT2D eigenvalue weighted by Gasteiger charge is -2.37. The molecule has 0 aliphatic rings. The highest BCUT2D eigenvalue weighted by molar-refractivity contribution is 5.52. The highest BCUT2D eigenvalue weighted by Crippen LogP contribution is 2.28. The monoisotopic (exact) mass is 222 g/mol. The second-order valence-electron chi connectivity index (χ2n) is 5.32. The molecule has 1 rings (SSSR count). The smallest absolute Gasteiger partial charge is 0.0717 e. The fraction of sp³-hybridized carbons (Fsp3) is 0.615. The van der Waals surface area contributed by atoms with Gasteiger partial charge in [-0.25, -0.2) is 0 Å². The highest BCUT2D eigenvalue weighted by atomic mass is 16.3. The molecule has 1 aromatic rings. The molecule has 3 heteroatoms. The van der Waals surface area contributed by atoms with Crippen LogP contribution >= 0.6 is 0 Å². The molecule has 0 amide bonds. The van der Waals surface area contributed by atoms with E-state index in [1.54, 1.807) is 12.4 Å². The van der Waals surface area contributed by atoms with Gasteiger partial charge >= 0.3 is 0 Å². The maximum atomic E-state index is 9.29. The predicted molar refractivity (Wildman–Crippen MR) is 67.5 cm³/mol. The minimum absolute atomic E-state index is 0.0321. The van der Waals surface area contributed by atoms with Gasteiger partial charge in [-0.1, -0.05) is 20.8 Å². The molecular weight excluding hydrogens is 200 g/mol. The lowest BCUT2D eigenvalue weighted by atomic mass is 9.87. The number of rotatable bonds is 3. The molecule has 1 heterocycles. The normalized spacial score (nSPS) is 13.6. The third kappa shape index (κ3) is 2.73. The lowest BCUT2D eigenvalue weighted by molar-refractivity contribution is 0.280. The number of aliphatic hydroxyl groups is 1. The van der Waals surface area contributed by atoms with Gasteiger partial charge in [0, 0.05) is 36.7 Å². The summed E-state index contributed by atoms with van der Waals surface area (Å²) >= 11 is 0. The van der Waals surface area contributed by atoms with E-state index in [-0.39, 0.29) is 12.0 Å². The van der Waals surface area contributed by atoms with E-state index in [0.717, 1.165) is 11.3 Å². The van der Waals surface area contributed by atoms with Crippen LogP contribution in [0.15, 0.2) is 18.5 Å². The first-order chi connectivity index (χ1) is 7.38. The van der Waals surface area contributed by atoms with E-state index in [4.69, 9.17) is 0 Å². The largest absolute Gasteiger partial charge is 0.392 e. The minimum atomic E-state index is 0.0321. The lowest BCUT2D eigenvalue weighted by Crippen LogP contribution is -2.39. The molecule has 0 bridgehead atoms. The summed E-state index contributed by atoms with van der Waals surface area (Å²) in [7, 11) is 2.06. The number of hydrogen-bond acceptors (Lipinski definition) is 3. The fourth-order valence-electron chi connectivity index (χ4n) is 1.68. The van der Waals surface area contributed by atoms with Gasteiger partial charge in [-0.15, -0.1) is 0 Å². The van der Waals surface area contributed by atoms with Crippen LogP contribution in [-0.4, -0.2) is 23.2 Å². The van der Waals surface area contributed by atoms with E-state index < -0.39 is 0 Å². The second kappa shape index (κ2) is 4.83. The van der Waals surface area contributed by atoms with Crippen molar-refractivity contribution in [2.75, 3.05) is 11.9 Å². The molecule has 1 atom stereocenters. The number of pyridine rings is 1. The zero-order valence-electron chi connectivity index (χ0n) is 10.9. The van der Waals surface area contributed by atoms with Crippen molar-refractivity contribution in [1.82, 2.24) is 4.98 Å². The van der Waals surface area contributed by atoms with Crippen molar-refractivity contribution < 1.29 is 5.11 Å². The van der Waals surface area contributed by atoms with Crippen LogP contribution in [0.1, 0.15) is 33.3 Å². The molecule has 1 N–H and O–H groups in total. The van der Waals surface area contributed by atoms with Gasteiger partial charge in [0.1, 0.15) is 0 Å². The first-order valence-electron chi connectivity index (χ1n) is 5.64. The topological polar surface area (TPSA) is 36.4 Å². The van der Waals surface area contributed by atoms with Crippen molar-refractivity contribution in [3.05, 3.63) is 24.0 Å². The Morgan fingerprint density at radius 2 is 2.06 bits per heavy atom. The zero-order chi connectivity index (χ0) is 12.3. The van der Waals surface area contributed by atoms with Crippen molar-refractivity contribution in [2.45, 2.75) is 40.3 Å². The average molecular weight is 222 g/mol. The molecule has 0 fully saturated rings. The van der Waals surface area contributed by atoms with Crippen LogP contribution in [-0.2, 0) is 6.61 Å². The van der Waals surface area contributed by atoms with Gasteiger partial charge in [0.15, 0.2) is 0 Å². The van der Waals surface area contributed by atoms with Gasteiger partial charge < -0.3 is 10.0 Å². The summed E-state index contributed by atoms with van der Waals surface area (Å²) in [5.41, 5.74) is 2.13. The van der Waals surface area contributed by atoms with Gasteiger partial charge in [-0.2, -0.15) is 0 Å². The fourth-order valence-corrected chi connectivity index (χ4v) is 1.68. The zero-order valence-corrected chi connectivity index (χ0v) is 10.9. The Morgan fingerprint density at radius 1 is 1.44 bits per heavy atom. The first kappa shape index (κ1) is 13.0. The SMILES string of the molecule is CC(N(C)c1ccncc1CO)C(C)(C)C. The molecular formula is C13H22N2O. The van der Waals surface area contributed by atoms with E-state index in [1.165, 1.54) is 0 Å². The summed E-state index contributed by atoms with van der Waals surface area (Å²) in [5.74, 6) is 0. The van der Waals surface area contributed by atoms with Gasteiger partial charge in [0.05, 0.1) is 6.61 Å². The molecule has 0 saturated carbocycles. The van der Waals surface area contributed by atoms with Crippen molar-refractivity contribution in [3.8, 4) is 0 Å². The molecule has 0 aliphatic heterocycles. The van der Waals surface area contributed by atoms with Crippen LogP contribution in [0, 0.1) is 5.41 Å². The van der Waals surface area contributed by atoms with Crippen LogP contribution in [0.25, 0.3) is 0 Å². The standard InChI is InChI=1S/C13H22N2O/c1-10(13(2,3)4)15(5)12-6-7-14-8-11(12)9-16/h6-8,10,16H,9H2,1-5H3. The van der Waals surface area contributed by atoms with Gasteiger partial charge in [-0.3, -0.25) is 4.98 Å². The molecule has 0 aromatic carbocycles. The van der Waals surface area contributed by atoms with Crippen LogP contribution in [0.3, 0.4) is 0 Å². The minimum Gasteiger partial charge on any atom is -0.392 e. The Hall–Kier alpha value is -1.09. The van der Waals surface area contributed by atoms with Crippen LogP contribution in [0.4, 0.5) is 5.69 Å². The summed E-state index contributed by atoms with van der Waals surface area (Å²) < 4.78 is 0. The Morgan fingerprint density at radius 3 is 2.56 bits per heavy atom. The molecule has 0 spiro atoms. The molecule has 0 aliphatic carbocycles. The summed E-state index contributed by atoms with van der Waals surface area (Å²) in [6.07, 6.45) is 3.49. The Kier molecular flexibility index (Phi) is 3.92. The number of hydrogen-bond donors (Lipinski definition) is 1. The number of anilines is 1. The average Bonchev–Trinajstić information content (AvgIpc) is 2.25. The molecule has 3 nitrogen and oxygen atoms in total. The highest BCUT2D eigenvalue weighted by Gasteiger charge is 2.25. The van der Waals surface area contributed by atoms with Crippen LogP contribution in [0.2, 0.25) is 0 Å². The maximum Gasteiger partial charge on any atom is 0.0717 e. The van der Waals surface area contributed by atoms with Crippen molar-refractivity contribution >= 4 is 5.69 Å². The van der Waals surface area contributed by atoms with E-state index in [0.29, 0.717) is 6.04 Å². The van der Waals surface area contributed by atoms with E-state index in [1.807, 2.05) is 6.07 Å². The van der Waals surface area contributed by atoms with E-state index >= 15 is 0 Å². The van der Waals surface area contributed by atoms with Gasteiger partial charge in [-0.05, 0) is 18.4 Å². The molecule has 0 radical (unpaired) electrons. The van der Waals surface area contributed by atoms with Crippen molar-refractivity contribution in [1.29, 1.82) is 0 Å². The molecule has 1 unspecified atom stereocenters. The Balaban J connectivity index is 3.00. The molecule has 90 valence electrons. The van der Waals surface area contributed by atoms with Gasteiger partial charge in [0.25, 0.3) is 0 Å². The first-order valence-corrected chi connectivity index (χ1v) is 5.64. The van der Waals surface area contributed by atoms with Gasteiger partial charge in [0.2, 0.25) is 0 Å². The maximum absolute atomic E-state index is 9.29. The van der Waals surface area contributed by atoms with E-state index in [9.17, 15) is 5.11 Å². The second-order valence-corrected chi connectivity index (χ2v) is 5.32.